The zero-order valence-corrected chi connectivity index (χ0v) is 16.6. The number of ether oxygens (including phenoxy) is 3. The Bertz CT molecular complexity index is 453. The number of carbonyl (C=O) groups excluding carboxylic acids is 1. The van der Waals surface area contributed by atoms with E-state index in [1.54, 1.807) is 0 Å². The van der Waals surface area contributed by atoms with Gasteiger partial charge in [-0.05, 0) is 45.4 Å². The minimum atomic E-state index is -0.647. The zero-order chi connectivity index (χ0) is 19.0. The molecule has 5 heteroatoms. The predicted molar refractivity (Wildman–Crippen MR) is 101 cm³/mol. The first-order chi connectivity index (χ1) is 12.4. The van der Waals surface area contributed by atoms with E-state index in [0.29, 0.717) is 32.2 Å². The van der Waals surface area contributed by atoms with Gasteiger partial charge >= 0.3 is 0 Å². The van der Waals surface area contributed by atoms with Crippen LogP contribution in [0, 0.1) is 11.8 Å². The Hall–Kier alpha value is -0.750. The van der Waals surface area contributed by atoms with Gasteiger partial charge in [-0.1, -0.05) is 25.5 Å². The summed E-state index contributed by atoms with van der Waals surface area (Å²) in [6, 6.07) is 0. The average Bonchev–Trinajstić information content (AvgIpc) is 3.23. The van der Waals surface area contributed by atoms with Gasteiger partial charge in [-0.3, -0.25) is 0 Å². The average molecular weight is 369 g/mol. The molecule has 150 valence electrons. The van der Waals surface area contributed by atoms with Gasteiger partial charge in [0.15, 0.2) is 5.79 Å². The Morgan fingerprint density at radius 2 is 2.04 bits per heavy atom. The second kappa shape index (κ2) is 9.98. The fraction of sp³-hybridized carbons (Fsp3) is 0.857. The van der Waals surface area contributed by atoms with Gasteiger partial charge in [0, 0.05) is 25.4 Å². The summed E-state index contributed by atoms with van der Waals surface area (Å²) in [4.78, 5) is 10.6. The molecule has 1 heterocycles. The van der Waals surface area contributed by atoms with Crippen LogP contribution in [0.4, 0.5) is 0 Å². The molecule has 0 aromatic rings. The molecule has 26 heavy (non-hydrogen) atoms. The fourth-order valence-electron chi connectivity index (χ4n) is 4.10. The zero-order valence-electron chi connectivity index (χ0n) is 16.6. The third kappa shape index (κ3) is 5.38. The van der Waals surface area contributed by atoms with Crippen molar-refractivity contribution in [3.05, 3.63) is 12.2 Å². The van der Waals surface area contributed by atoms with Crippen LogP contribution in [0.2, 0.25) is 0 Å². The molecular weight excluding hydrogens is 332 g/mol. The van der Waals surface area contributed by atoms with Gasteiger partial charge in [0.2, 0.25) is 0 Å². The number of carbonyl (C=O) groups is 1. The Balaban J connectivity index is 1.99. The van der Waals surface area contributed by atoms with Crippen molar-refractivity contribution in [3.8, 4) is 0 Å². The quantitative estimate of drug-likeness (QED) is 0.343. The maximum absolute atomic E-state index is 10.6. The highest BCUT2D eigenvalue weighted by Gasteiger charge is 2.51. The molecule has 1 saturated heterocycles. The molecule has 2 unspecified atom stereocenters. The van der Waals surface area contributed by atoms with Crippen LogP contribution in [0.15, 0.2) is 12.2 Å². The van der Waals surface area contributed by atoms with E-state index in [1.807, 2.05) is 19.9 Å². The number of aldehydes is 1. The minimum absolute atomic E-state index is 0.278. The molecule has 1 N–H and O–H groups in total. The monoisotopic (exact) mass is 368 g/mol. The third-order valence-corrected chi connectivity index (χ3v) is 5.70. The van der Waals surface area contributed by atoms with Crippen LogP contribution in [0.3, 0.4) is 0 Å². The second-order valence-electron chi connectivity index (χ2n) is 8.05. The number of aliphatic hydroxyl groups excluding tert-OH is 1. The van der Waals surface area contributed by atoms with Gasteiger partial charge in [0.05, 0.1) is 18.8 Å². The fourth-order valence-corrected chi connectivity index (χ4v) is 4.10. The summed E-state index contributed by atoms with van der Waals surface area (Å²) < 4.78 is 17.8. The number of rotatable bonds is 11. The molecule has 1 aliphatic heterocycles. The van der Waals surface area contributed by atoms with E-state index in [0.717, 1.165) is 44.8 Å². The van der Waals surface area contributed by atoms with Gasteiger partial charge in [0.1, 0.15) is 12.4 Å². The van der Waals surface area contributed by atoms with Gasteiger partial charge in [-0.2, -0.15) is 0 Å². The highest BCUT2D eigenvalue weighted by Crippen LogP contribution is 2.48. The maximum atomic E-state index is 10.6. The van der Waals surface area contributed by atoms with Crippen molar-refractivity contribution < 1.29 is 24.1 Å². The lowest BCUT2D eigenvalue weighted by atomic mass is 9.86. The van der Waals surface area contributed by atoms with Crippen LogP contribution in [-0.4, -0.2) is 48.7 Å². The topological polar surface area (TPSA) is 65.0 Å². The lowest BCUT2D eigenvalue weighted by molar-refractivity contribution is -0.186. The standard InChI is InChI=1S/C21H36O5/c1-4-14-24-20(2,3)19(23)10-9-17-11-12-21(25-15-16-26-21)18(17)8-6-5-7-13-22/h9-10,13,17-19,23H,4-8,11-12,14-16H2,1-3H3/t17-,18?,19?/m1/s1. The van der Waals surface area contributed by atoms with Gasteiger partial charge in [-0.15, -0.1) is 0 Å². The van der Waals surface area contributed by atoms with Crippen LogP contribution in [-0.2, 0) is 19.0 Å². The van der Waals surface area contributed by atoms with E-state index in [2.05, 4.69) is 13.0 Å². The Morgan fingerprint density at radius 1 is 1.31 bits per heavy atom. The van der Waals surface area contributed by atoms with Crippen molar-refractivity contribution in [1.82, 2.24) is 0 Å². The van der Waals surface area contributed by atoms with Crippen molar-refractivity contribution in [3.63, 3.8) is 0 Å². The predicted octanol–water partition coefficient (Wildman–Crippen LogP) is 3.64. The SMILES string of the molecule is CCCOC(C)(C)C(O)C=C[C@@H]1CCC2(OCCO2)C1CCCCC=O. The molecule has 3 atom stereocenters. The normalized spacial score (nSPS) is 26.8. The second-order valence-corrected chi connectivity index (χ2v) is 8.05. The van der Waals surface area contributed by atoms with Crippen molar-refractivity contribution in [2.45, 2.75) is 83.2 Å². The minimum Gasteiger partial charge on any atom is -0.386 e. The van der Waals surface area contributed by atoms with E-state index in [-0.39, 0.29) is 5.92 Å². The molecule has 2 rings (SSSR count). The van der Waals surface area contributed by atoms with Crippen LogP contribution < -0.4 is 0 Å². The molecule has 2 fully saturated rings. The molecule has 5 nitrogen and oxygen atoms in total. The summed E-state index contributed by atoms with van der Waals surface area (Å²) in [6.07, 6.45) is 10.7. The molecule has 0 bridgehead atoms. The van der Waals surface area contributed by atoms with Gasteiger partial charge in [-0.25, -0.2) is 0 Å². The van der Waals surface area contributed by atoms with Crippen LogP contribution in [0.25, 0.3) is 0 Å². The summed E-state index contributed by atoms with van der Waals surface area (Å²) >= 11 is 0. The van der Waals surface area contributed by atoms with E-state index < -0.39 is 17.5 Å². The van der Waals surface area contributed by atoms with Crippen LogP contribution in [0.1, 0.15) is 65.7 Å². The van der Waals surface area contributed by atoms with Gasteiger partial charge in [0.25, 0.3) is 0 Å². The first kappa shape index (κ1) is 21.5. The lowest BCUT2D eigenvalue weighted by Gasteiger charge is -2.32. The summed E-state index contributed by atoms with van der Waals surface area (Å²) in [5.74, 6) is 0.135. The van der Waals surface area contributed by atoms with E-state index >= 15 is 0 Å². The molecule has 0 aromatic heterocycles. The highest BCUT2D eigenvalue weighted by molar-refractivity contribution is 5.48. The molecule has 1 saturated carbocycles. The van der Waals surface area contributed by atoms with Crippen LogP contribution >= 0.6 is 0 Å². The molecule has 0 radical (unpaired) electrons. The Kier molecular flexibility index (Phi) is 8.27. The first-order valence-corrected chi connectivity index (χ1v) is 10.2. The van der Waals surface area contributed by atoms with E-state index in [1.165, 1.54) is 0 Å². The lowest BCUT2D eigenvalue weighted by Crippen LogP contribution is -2.38. The Labute approximate surface area is 158 Å². The first-order valence-electron chi connectivity index (χ1n) is 10.2. The molecule has 1 aliphatic carbocycles. The number of hydrogen-bond acceptors (Lipinski definition) is 5. The molecule has 1 spiro atoms. The Morgan fingerprint density at radius 3 is 2.69 bits per heavy atom. The third-order valence-electron chi connectivity index (χ3n) is 5.70. The van der Waals surface area contributed by atoms with Crippen LogP contribution in [0.5, 0.6) is 0 Å². The smallest absolute Gasteiger partial charge is 0.171 e. The number of unbranched alkanes of at least 4 members (excludes halogenated alkanes) is 2. The molecule has 0 amide bonds. The van der Waals surface area contributed by atoms with Crippen molar-refractivity contribution in [1.29, 1.82) is 0 Å². The maximum Gasteiger partial charge on any atom is 0.171 e. The van der Waals surface area contributed by atoms with E-state index in [4.69, 9.17) is 14.2 Å². The molecule has 0 aromatic carbocycles. The van der Waals surface area contributed by atoms with Crippen molar-refractivity contribution >= 4 is 6.29 Å². The van der Waals surface area contributed by atoms with E-state index in [9.17, 15) is 9.90 Å². The summed E-state index contributed by atoms with van der Waals surface area (Å²) in [6.45, 7) is 7.87. The molecular formula is C21H36O5. The van der Waals surface area contributed by atoms with Crippen molar-refractivity contribution in [2.24, 2.45) is 11.8 Å². The number of aliphatic hydroxyl groups is 1. The summed E-state index contributed by atoms with van der Waals surface area (Å²) in [7, 11) is 0. The number of hydrogen-bond donors (Lipinski definition) is 1. The summed E-state index contributed by atoms with van der Waals surface area (Å²) in [5.41, 5.74) is -0.595. The largest absolute Gasteiger partial charge is 0.386 e. The van der Waals surface area contributed by atoms with Crippen molar-refractivity contribution in [2.75, 3.05) is 19.8 Å². The number of allylic oxidation sites excluding steroid dienone is 1. The summed E-state index contributed by atoms with van der Waals surface area (Å²) in [5, 5.41) is 10.5. The van der Waals surface area contributed by atoms with Gasteiger partial charge < -0.3 is 24.1 Å². The molecule has 2 aliphatic rings. The highest BCUT2D eigenvalue weighted by atomic mass is 16.7.